The molecule has 1 saturated heterocycles. The summed E-state index contributed by atoms with van der Waals surface area (Å²) >= 11 is 0. The Hall–Kier alpha value is -0.870. The molecule has 0 aromatic rings. The molecule has 0 radical (unpaired) electrons. The lowest BCUT2D eigenvalue weighted by atomic mass is 9.46. The van der Waals surface area contributed by atoms with Gasteiger partial charge >= 0.3 is 0 Å². The summed E-state index contributed by atoms with van der Waals surface area (Å²) in [5, 5.41) is 51.9. The van der Waals surface area contributed by atoms with Crippen molar-refractivity contribution >= 4 is 5.78 Å². The van der Waals surface area contributed by atoms with Gasteiger partial charge in [0.25, 0.3) is 0 Å². The highest BCUT2D eigenvalue weighted by Gasteiger charge is 2.63. The summed E-state index contributed by atoms with van der Waals surface area (Å²) < 4.78 is 12.2. The molecule has 8 heteroatoms. The van der Waals surface area contributed by atoms with Gasteiger partial charge in [0, 0.05) is 13.0 Å². The number of hydrogen-bond donors (Lipinski definition) is 5. The molecular weight excluding hydrogens is 512 g/mol. The number of rotatable bonds is 8. The minimum atomic E-state index is -1.35. The number of carbonyl (C=O) groups excluding carboxylic acids is 1. The van der Waals surface area contributed by atoms with Crippen molar-refractivity contribution in [2.45, 2.75) is 122 Å². The minimum Gasteiger partial charge on any atom is -0.396 e. The lowest BCUT2D eigenvalue weighted by Gasteiger charge is -2.58. The van der Waals surface area contributed by atoms with E-state index in [9.17, 15) is 30.3 Å². The lowest BCUT2D eigenvalue weighted by Crippen LogP contribution is -2.55. The Kier molecular flexibility index (Phi) is 8.92. The second-order valence-electron chi connectivity index (χ2n) is 14.5. The van der Waals surface area contributed by atoms with Gasteiger partial charge in [0.05, 0.1) is 18.8 Å². The van der Waals surface area contributed by atoms with E-state index in [2.05, 4.69) is 20.8 Å². The highest BCUT2D eigenvalue weighted by atomic mass is 16.7. The molecule has 0 bridgehead atoms. The molecule has 5 N–H and O–H groups in total. The number of fused-ring (bicyclic) bond motifs is 5. The Labute approximate surface area is 239 Å². The molecular formula is C32H52O8. The Morgan fingerprint density at radius 3 is 2.52 bits per heavy atom. The molecule has 40 heavy (non-hydrogen) atoms. The molecule has 0 spiro atoms. The van der Waals surface area contributed by atoms with Crippen molar-refractivity contribution in [3.63, 3.8) is 0 Å². The molecule has 5 aliphatic rings. The standard InChI is InChI=1S/C32H52O8/c1-17(15-33)5-8-24(35)18(2)27-26(40-30-29(38)28(37)25(36)16-39-30)14-23-21-7-6-19-13-20(34)9-11-31(19,3)22(21)10-12-32(23,27)4/h13,17-18,21-30,33,35-38H,5-12,14-16H2,1-4H3/t17-,18+,21?,22?,23?,24+,25?,26-,27?,28?,29?,30-,31-,32-/m0/s1. The molecule has 228 valence electrons. The Morgan fingerprint density at radius 2 is 1.80 bits per heavy atom. The zero-order chi connectivity index (χ0) is 29.0. The van der Waals surface area contributed by atoms with Gasteiger partial charge in [0.1, 0.15) is 18.3 Å². The van der Waals surface area contributed by atoms with E-state index in [1.54, 1.807) is 0 Å². The van der Waals surface area contributed by atoms with E-state index in [1.165, 1.54) is 5.57 Å². The van der Waals surface area contributed by atoms with E-state index in [-0.39, 0.29) is 53.7 Å². The van der Waals surface area contributed by atoms with Crippen molar-refractivity contribution in [3.05, 3.63) is 11.6 Å². The summed E-state index contributed by atoms with van der Waals surface area (Å²) in [6.45, 7) is 8.85. The molecule has 8 nitrogen and oxygen atoms in total. The zero-order valence-electron chi connectivity index (χ0n) is 24.7. The van der Waals surface area contributed by atoms with Crippen LogP contribution in [0.5, 0.6) is 0 Å². The van der Waals surface area contributed by atoms with Gasteiger partial charge in [-0.25, -0.2) is 0 Å². The lowest BCUT2D eigenvalue weighted by molar-refractivity contribution is -0.288. The summed E-state index contributed by atoms with van der Waals surface area (Å²) in [4.78, 5) is 12.3. The Balaban J connectivity index is 1.42. The molecule has 4 aliphatic carbocycles. The van der Waals surface area contributed by atoms with E-state index in [1.807, 2.05) is 13.0 Å². The maximum absolute atomic E-state index is 12.3. The number of ether oxygens (including phenoxy) is 2. The quantitative estimate of drug-likeness (QED) is 0.304. The maximum atomic E-state index is 12.3. The van der Waals surface area contributed by atoms with Crippen LogP contribution >= 0.6 is 0 Å². The first-order chi connectivity index (χ1) is 18.9. The fourth-order valence-corrected chi connectivity index (χ4v) is 9.79. The molecule has 0 aromatic carbocycles. The van der Waals surface area contributed by atoms with Gasteiger partial charge in [-0.15, -0.1) is 0 Å². The molecule has 1 heterocycles. The van der Waals surface area contributed by atoms with E-state index >= 15 is 0 Å². The van der Waals surface area contributed by atoms with Crippen molar-refractivity contribution in [1.29, 1.82) is 0 Å². The first kappa shape index (κ1) is 30.6. The van der Waals surface area contributed by atoms with E-state index in [0.29, 0.717) is 30.6 Å². The molecule has 7 unspecified atom stereocenters. The first-order valence-electron chi connectivity index (χ1n) is 15.7. The molecule has 5 rings (SSSR count). The summed E-state index contributed by atoms with van der Waals surface area (Å²) in [6, 6.07) is 0. The molecule has 14 atom stereocenters. The smallest absolute Gasteiger partial charge is 0.186 e. The minimum absolute atomic E-state index is 0.0235. The predicted octanol–water partition coefficient (Wildman–Crippen LogP) is 2.97. The maximum Gasteiger partial charge on any atom is 0.186 e. The average Bonchev–Trinajstić information content (AvgIpc) is 3.23. The second kappa shape index (κ2) is 11.7. The number of hydrogen-bond acceptors (Lipinski definition) is 8. The van der Waals surface area contributed by atoms with Gasteiger partial charge < -0.3 is 35.0 Å². The van der Waals surface area contributed by atoms with Gasteiger partial charge in [-0.05, 0) is 104 Å². The van der Waals surface area contributed by atoms with E-state index in [4.69, 9.17) is 9.47 Å². The van der Waals surface area contributed by atoms with Gasteiger partial charge in [-0.1, -0.05) is 33.3 Å². The van der Waals surface area contributed by atoms with Crippen LogP contribution in [0.1, 0.15) is 85.5 Å². The van der Waals surface area contributed by atoms with Crippen LogP contribution in [-0.2, 0) is 14.3 Å². The van der Waals surface area contributed by atoms with Crippen LogP contribution < -0.4 is 0 Å². The predicted molar refractivity (Wildman–Crippen MR) is 149 cm³/mol. The summed E-state index contributed by atoms with van der Waals surface area (Å²) in [7, 11) is 0. The van der Waals surface area contributed by atoms with Crippen LogP contribution in [0.3, 0.4) is 0 Å². The SMILES string of the molecule is C[C@H](CO)CC[C@@H](O)[C@@H](C)C1[C@@H](O[C@@H]2OCC(O)C(O)C2O)CC2C3CCC4=CC(=O)CC[C@]4(C)C3CC[C@@]21C. The van der Waals surface area contributed by atoms with E-state index in [0.717, 1.165) is 44.9 Å². The van der Waals surface area contributed by atoms with Gasteiger partial charge in [0.15, 0.2) is 12.1 Å². The van der Waals surface area contributed by atoms with Crippen LogP contribution in [-0.4, -0.2) is 81.3 Å². The summed E-state index contributed by atoms with van der Waals surface area (Å²) in [5.41, 5.74) is 1.32. The fraction of sp³-hybridized carbons (Fsp3) is 0.906. The van der Waals surface area contributed by atoms with Gasteiger partial charge in [-0.3, -0.25) is 4.79 Å². The molecule has 1 aliphatic heterocycles. The van der Waals surface area contributed by atoms with Crippen LogP contribution in [0.25, 0.3) is 0 Å². The van der Waals surface area contributed by atoms with E-state index < -0.39 is 30.7 Å². The molecule has 3 saturated carbocycles. The highest BCUT2D eigenvalue weighted by Crippen LogP contribution is 2.68. The van der Waals surface area contributed by atoms with Crippen LogP contribution in [0.4, 0.5) is 0 Å². The fourth-order valence-electron chi connectivity index (χ4n) is 9.79. The van der Waals surface area contributed by atoms with Crippen molar-refractivity contribution in [2.75, 3.05) is 13.2 Å². The molecule has 0 amide bonds. The van der Waals surface area contributed by atoms with Crippen LogP contribution in [0, 0.1) is 46.3 Å². The van der Waals surface area contributed by atoms with Gasteiger partial charge in [0.2, 0.25) is 0 Å². The van der Waals surface area contributed by atoms with Crippen LogP contribution in [0.15, 0.2) is 11.6 Å². The third-order valence-electron chi connectivity index (χ3n) is 12.3. The second-order valence-corrected chi connectivity index (χ2v) is 14.5. The topological polar surface area (TPSA) is 137 Å². The normalized spacial score (nSPS) is 47.5. The summed E-state index contributed by atoms with van der Waals surface area (Å²) in [6.07, 6.45) is 4.04. The van der Waals surface area contributed by atoms with Crippen molar-refractivity contribution in [1.82, 2.24) is 0 Å². The Morgan fingerprint density at radius 1 is 1.05 bits per heavy atom. The number of carbonyl (C=O) groups is 1. The summed E-state index contributed by atoms with van der Waals surface area (Å²) in [5.74, 6) is 1.72. The monoisotopic (exact) mass is 564 g/mol. The highest BCUT2D eigenvalue weighted by molar-refractivity contribution is 5.91. The van der Waals surface area contributed by atoms with Gasteiger partial charge in [-0.2, -0.15) is 0 Å². The number of aliphatic hydroxyl groups is 5. The third-order valence-corrected chi connectivity index (χ3v) is 12.3. The largest absolute Gasteiger partial charge is 0.396 e. The number of ketones is 1. The molecule has 0 aromatic heterocycles. The average molecular weight is 565 g/mol. The Bertz CT molecular complexity index is 953. The number of allylic oxidation sites excluding steroid dienone is 1. The van der Waals surface area contributed by atoms with Crippen molar-refractivity contribution < 1.29 is 39.8 Å². The number of aliphatic hydroxyl groups excluding tert-OH is 5. The van der Waals surface area contributed by atoms with Crippen molar-refractivity contribution in [3.8, 4) is 0 Å². The first-order valence-corrected chi connectivity index (χ1v) is 15.7. The van der Waals surface area contributed by atoms with Crippen molar-refractivity contribution in [2.24, 2.45) is 46.3 Å². The zero-order valence-corrected chi connectivity index (χ0v) is 24.7. The third kappa shape index (κ3) is 5.24. The molecule has 4 fully saturated rings. The van der Waals surface area contributed by atoms with Crippen LogP contribution in [0.2, 0.25) is 0 Å².